The number of piperidine rings is 1. The van der Waals surface area contributed by atoms with E-state index in [9.17, 15) is 26.4 Å². The average molecular weight is 587 g/mol. The highest BCUT2D eigenvalue weighted by molar-refractivity contribution is 7.88. The Kier molecular flexibility index (Phi) is 8.71. The van der Waals surface area contributed by atoms with Crippen LogP contribution in [0.25, 0.3) is 0 Å². The molecule has 0 N–H and O–H groups in total. The van der Waals surface area contributed by atoms with Gasteiger partial charge in [0, 0.05) is 71.7 Å². The number of hydrogen-bond acceptors (Lipinski definition) is 6. The van der Waals surface area contributed by atoms with Crippen molar-refractivity contribution in [1.82, 2.24) is 19.0 Å². The lowest BCUT2D eigenvalue weighted by molar-refractivity contribution is -0.137. The lowest BCUT2D eigenvalue weighted by atomic mass is 9.81. The molecule has 40 heavy (non-hydrogen) atoms. The highest BCUT2D eigenvalue weighted by atomic mass is 32.2. The molecule has 1 amide bonds. The Morgan fingerprint density at radius 3 is 2.00 bits per heavy atom. The third kappa shape index (κ3) is 7.30. The lowest BCUT2D eigenvalue weighted by Crippen LogP contribution is -2.49. The molecule has 3 heterocycles. The van der Waals surface area contributed by atoms with Gasteiger partial charge < -0.3 is 14.5 Å². The second-order valence-corrected chi connectivity index (χ2v) is 14.2. The molecule has 1 spiro atoms. The largest absolute Gasteiger partial charge is 0.441 e. The van der Waals surface area contributed by atoms with Crippen LogP contribution in [0.4, 0.5) is 18.0 Å². The number of sulfonamides is 1. The standard InChI is InChI=1S/C28H41F3N4O4S/c1-40(37,38)35-16-14-33(15-17-35)19-22-2-4-24(5-3-22)20-34-21-27(39-26(34)36)10-12-32(13-11-27)18-23-6-8-25(9-7-23)28(29,30)31/h6-9,22,24H,2-5,10-21H2,1H3. The molecule has 1 aromatic carbocycles. The van der Waals surface area contributed by atoms with Crippen molar-refractivity contribution in [2.75, 3.05) is 65.2 Å². The summed E-state index contributed by atoms with van der Waals surface area (Å²) in [5.74, 6) is 1.09. The first-order chi connectivity index (χ1) is 18.9. The van der Waals surface area contributed by atoms with Crippen molar-refractivity contribution < 1.29 is 31.1 Å². The first-order valence-corrected chi connectivity index (χ1v) is 16.3. The fourth-order valence-electron chi connectivity index (χ4n) is 6.79. The zero-order chi connectivity index (χ0) is 28.5. The van der Waals surface area contributed by atoms with E-state index < -0.39 is 27.4 Å². The average Bonchev–Trinajstić information content (AvgIpc) is 3.20. The fourth-order valence-corrected chi connectivity index (χ4v) is 7.61. The quantitative estimate of drug-likeness (QED) is 0.483. The number of benzene rings is 1. The summed E-state index contributed by atoms with van der Waals surface area (Å²) < 4.78 is 69.5. The maximum Gasteiger partial charge on any atom is 0.416 e. The Labute approximate surface area is 235 Å². The van der Waals surface area contributed by atoms with E-state index in [1.54, 1.807) is 4.31 Å². The first kappa shape index (κ1) is 29.6. The SMILES string of the molecule is CS(=O)(=O)N1CCN(CC2CCC(CN3CC4(CCN(Cc5ccc(C(F)(F)F)cc5)CC4)OC3=O)CC2)CC1. The van der Waals surface area contributed by atoms with Crippen LogP contribution >= 0.6 is 0 Å². The topological polar surface area (TPSA) is 73.4 Å². The van der Waals surface area contributed by atoms with Gasteiger partial charge in [-0.15, -0.1) is 0 Å². The number of amides is 1. The molecule has 1 aliphatic carbocycles. The number of rotatable bonds is 7. The fraction of sp³-hybridized carbons (Fsp3) is 0.750. The number of likely N-dealkylation sites (tertiary alicyclic amines) is 1. The molecule has 1 saturated carbocycles. The number of carbonyl (C=O) groups excluding carboxylic acids is 1. The molecule has 8 nitrogen and oxygen atoms in total. The van der Waals surface area contributed by atoms with Gasteiger partial charge in [0.15, 0.2) is 0 Å². The van der Waals surface area contributed by atoms with Gasteiger partial charge in [-0.05, 0) is 55.2 Å². The number of piperazine rings is 1. The van der Waals surface area contributed by atoms with Gasteiger partial charge in [-0.1, -0.05) is 12.1 Å². The molecule has 0 unspecified atom stereocenters. The lowest BCUT2D eigenvalue weighted by Gasteiger charge is -2.38. The van der Waals surface area contributed by atoms with E-state index in [1.807, 2.05) is 4.90 Å². The summed E-state index contributed by atoms with van der Waals surface area (Å²) in [6, 6.07) is 5.34. The van der Waals surface area contributed by atoms with Crippen LogP contribution in [-0.2, 0) is 27.5 Å². The minimum atomic E-state index is -4.33. The molecule has 4 aliphatic rings. The molecule has 3 saturated heterocycles. The Morgan fingerprint density at radius 1 is 0.875 bits per heavy atom. The zero-order valence-corrected chi connectivity index (χ0v) is 24.1. The van der Waals surface area contributed by atoms with Gasteiger partial charge in [0.25, 0.3) is 0 Å². The zero-order valence-electron chi connectivity index (χ0n) is 23.2. The normalized spacial score (nSPS) is 27.3. The Balaban J connectivity index is 1.02. The minimum absolute atomic E-state index is 0.220. The summed E-state index contributed by atoms with van der Waals surface area (Å²) in [6.45, 7) is 7.15. The van der Waals surface area contributed by atoms with Gasteiger partial charge in [-0.3, -0.25) is 4.90 Å². The smallest absolute Gasteiger partial charge is 0.416 e. The van der Waals surface area contributed by atoms with Crippen molar-refractivity contribution in [2.45, 2.75) is 56.8 Å². The first-order valence-electron chi connectivity index (χ1n) is 14.4. The van der Waals surface area contributed by atoms with E-state index in [1.165, 1.54) is 18.4 Å². The predicted molar refractivity (Wildman–Crippen MR) is 145 cm³/mol. The molecule has 0 aromatic heterocycles. The van der Waals surface area contributed by atoms with E-state index in [0.29, 0.717) is 38.0 Å². The summed E-state index contributed by atoms with van der Waals surface area (Å²) in [5.41, 5.74) is -0.245. The molecular weight excluding hydrogens is 545 g/mol. The summed E-state index contributed by atoms with van der Waals surface area (Å²) >= 11 is 0. The molecule has 0 atom stereocenters. The molecule has 0 bridgehead atoms. The molecule has 224 valence electrons. The number of halogens is 3. The molecule has 1 aromatic rings. The Morgan fingerprint density at radius 2 is 1.45 bits per heavy atom. The van der Waals surface area contributed by atoms with Crippen LogP contribution in [0.2, 0.25) is 0 Å². The van der Waals surface area contributed by atoms with Crippen LogP contribution in [-0.4, -0.2) is 104 Å². The second-order valence-electron chi connectivity index (χ2n) is 12.3. The van der Waals surface area contributed by atoms with Crippen molar-refractivity contribution in [3.8, 4) is 0 Å². The third-order valence-electron chi connectivity index (χ3n) is 9.26. The highest BCUT2D eigenvalue weighted by Crippen LogP contribution is 2.37. The molecule has 0 radical (unpaired) electrons. The van der Waals surface area contributed by atoms with E-state index in [4.69, 9.17) is 4.74 Å². The monoisotopic (exact) mass is 586 g/mol. The van der Waals surface area contributed by atoms with Crippen LogP contribution in [0, 0.1) is 11.8 Å². The summed E-state index contributed by atoms with van der Waals surface area (Å²) in [6.07, 6.45) is 2.63. The molecule has 4 fully saturated rings. The minimum Gasteiger partial charge on any atom is -0.441 e. The van der Waals surface area contributed by atoms with E-state index in [-0.39, 0.29) is 6.09 Å². The van der Waals surface area contributed by atoms with E-state index in [2.05, 4.69) is 9.80 Å². The van der Waals surface area contributed by atoms with Gasteiger partial charge >= 0.3 is 12.3 Å². The van der Waals surface area contributed by atoms with Crippen molar-refractivity contribution in [2.24, 2.45) is 11.8 Å². The van der Waals surface area contributed by atoms with Crippen molar-refractivity contribution in [3.63, 3.8) is 0 Å². The summed E-state index contributed by atoms with van der Waals surface area (Å²) in [4.78, 5) is 19.3. The van der Waals surface area contributed by atoms with Gasteiger partial charge in [0.05, 0.1) is 18.4 Å². The third-order valence-corrected chi connectivity index (χ3v) is 10.6. The van der Waals surface area contributed by atoms with Crippen molar-refractivity contribution in [1.29, 1.82) is 0 Å². The van der Waals surface area contributed by atoms with Gasteiger partial charge in [0.2, 0.25) is 10.0 Å². The number of ether oxygens (including phenoxy) is 1. The molecular formula is C28H41F3N4O4S. The number of alkyl halides is 3. The van der Waals surface area contributed by atoms with Crippen molar-refractivity contribution in [3.05, 3.63) is 35.4 Å². The summed E-state index contributed by atoms with van der Waals surface area (Å²) in [7, 11) is -3.11. The number of hydrogen-bond donors (Lipinski definition) is 0. The van der Waals surface area contributed by atoms with Crippen LogP contribution in [0.15, 0.2) is 24.3 Å². The van der Waals surface area contributed by atoms with E-state index >= 15 is 0 Å². The Bertz CT molecular complexity index is 1120. The van der Waals surface area contributed by atoms with Crippen LogP contribution in [0.3, 0.4) is 0 Å². The van der Waals surface area contributed by atoms with Crippen LogP contribution < -0.4 is 0 Å². The predicted octanol–water partition coefficient (Wildman–Crippen LogP) is 3.88. The molecule has 3 aliphatic heterocycles. The molecule has 5 rings (SSSR count). The van der Waals surface area contributed by atoms with Gasteiger partial charge in [-0.2, -0.15) is 17.5 Å². The Hall–Kier alpha value is -1.89. The van der Waals surface area contributed by atoms with Crippen molar-refractivity contribution >= 4 is 16.1 Å². The van der Waals surface area contributed by atoms with Crippen LogP contribution in [0.1, 0.15) is 49.7 Å². The second kappa shape index (κ2) is 11.8. The number of nitrogens with zero attached hydrogens (tertiary/aromatic N) is 4. The van der Waals surface area contributed by atoms with Crippen LogP contribution in [0.5, 0.6) is 0 Å². The highest BCUT2D eigenvalue weighted by Gasteiger charge is 2.47. The molecule has 12 heteroatoms. The number of carbonyl (C=O) groups is 1. The maximum absolute atomic E-state index is 12.8. The van der Waals surface area contributed by atoms with E-state index in [0.717, 1.165) is 95.5 Å². The van der Waals surface area contributed by atoms with Gasteiger partial charge in [-0.25, -0.2) is 13.2 Å². The summed E-state index contributed by atoms with van der Waals surface area (Å²) in [5, 5.41) is 0. The van der Waals surface area contributed by atoms with Gasteiger partial charge in [0.1, 0.15) is 5.60 Å². The maximum atomic E-state index is 12.8.